The van der Waals surface area contributed by atoms with Gasteiger partial charge in [0.25, 0.3) is 0 Å². The van der Waals surface area contributed by atoms with Crippen molar-refractivity contribution in [2.75, 3.05) is 6.54 Å². The molecule has 0 bridgehead atoms. The molecule has 3 nitrogen and oxygen atoms in total. The number of nitrogens with zero attached hydrogens (tertiary/aromatic N) is 1. The van der Waals surface area contributed by atoms with E-state index in [1.807, 2.05) is 29.2 Å². The summed E-state index contributed by atoms with van der Waals surface area (Å²) in [6.07, 6.45) is 0.884. The number of likely N-dealkylation sites (tertiary alicyclic amines) is 1. The Morgan fingerprint density at radius 3 is 2.47 bits per heavy atom. The molecule has 0 spiro atoms. The van der Waals surface area contributed by atoms with Gasteiger partial charge in [0, 0.05) is 17.6 Å². The van der Waals surface area contributed by atoms with E-state index < -0.39 is 0 Å². The lowest BCUT2D eigenvalue weighted by Gasteiger charge is -2.25. The lowest BCUT2D eigenvalue weighted by Crippen LogP contribution is -2.42. The lowest BCUT2D eigenvalue weighted by molar-refractivity contribution is -0.131. The molecule has 1 aliphatic heterocycles. The van der Waals surface area contributed by atoms with Crippen molar-refractivity contribution in [3.05, 3.63) is 34.9 Å². The van der Waals surface area contributed by atoms with Crippen LogP contribution in [-0.4, -0.2) is 29.4 Å². The normalized spacial score (nSPS) is 21.2. The van der Waals surface area contributed by atoms with Crippen molar-refractivity contribution in [3.63, 3.8) is 0 Å². The van der Waals surface area contributed by atoms with Crippen molar-refractivity contribution in [2.24, 2.45) is 0 Å². The van der Waals surface area contributed by atoms with Gasteiger partial charge in [-0.05, 0) is 31.0 Å². The van der Waals surface area contributed by atoms with Crippen LogP contribution in [0, 0.1) is 0 Å². The summed E-state index contributed by atoms with van der Waals surface area (Å²) in [4.78, 5) is 14.3. The predicted octanol–water partition coefficient (Wildman–Crippen LogP) is 3.00. The Morgan fingerprint density at radius 1 is 1.26 bits per heavy atom. The maximum atomic E-state index is 12.4. The third-order valence-electron chi connectivity index (χ3n) is 3.59. The second kappa shape index (κ2) is 5.93. The molecule has 1 aromatic rings. The van der Waals surface area contributed by atoms with Gasteiger partial charge < -0.3 is 10.2 Å². The number of carbonyl (C=O) groups is 1. The van der Waals surface area contributed by atoms with Crippen molar-refractivity contribution in [2.45, 2.75) is 45.3 Å². The van der Waals surface area contributed by atoms with E-state index in [1.54, 1.807) is 0 Å². The minimum atomic E-state index is -0.0326. The minimum absolute atomic E-state index is 0.0326. The molecule has 4 heteroatoms. The van der Waals surface area contributed by atoms with Gasteiger partial charge in [0.15, 0.2) is 0 Å². The fourth-order valence-electron chi connectivity index (χ4n) is 2.56. The second-order valence-corrected chi connectivity index (χ2v) is 5.86. The van der Waals surface area contributed by atoms with Crippen LogP contribution in [-0.2, 0) is 4.79 Å². The lowest BCUT2D eigenvalue weighted by atomic mass is 10.1. The van der Waals surface area contributed by atoms with Crippen molar-refractivity contribution >= 4 is 17.5 Å². The summed E-state index contributed by atoms with van der Waals surface area (Å²) in [5.74, 6) is 0.205. The van der Waals surface area contributed by atoms with Gasteiger partial charge in [0.05, 0.1) is 12.1 Å². The summed E-state index contributed by atoms with van der Waals surface area (Å²) in [6.45, 7) is 7.02. The molecule has 1 fully saturated rings. The van der Waals surface area contributed by atoms with Crippen LogP contribution in [0.2, 0.25) is 5.02 Å². The molecule has 104 valence electrons. The van der Waals surface area contributed by atoms with Gasteiger partial charge in [-0.15, -0.1) is 0 Å². The molecule has 0 aliphatic carbocycles. The smallest absolute Gasteiger partial charge is 0.240 e. The molecular weight excluding hydrogens is 260 g/mol. The second-order valence-electron chi connectivity index (χ2n) is 5.42. The molecule has 1 aromatic carbocycles. The van der Waals surface area contributed by atoms with E-state index in [0.29, 0.717) is 6.04 Å². The maximum Gasteiger partial charge on any atom is 0.240 e. The van der Waals surface area contributed by atoms with Crippen LogP contribution < -0.4 is 5.32 Å². The first-order valence-electron chi connectivity index (χ1n) is 6.81. The highest BCUT2D eigenvalue weighted by molar-refractivity contribution is 6.30. The molecule has 1 N–H and O–H groups in total. The first-order chi connectivity index (χ1) is 8.99. The zero-order valence-corrected chi connectivity index (χ0v) is 12.4. The van der Waals surface area contributed by atoms with E-state index in [9.17, 15) is 4.79 Å². The summed E-state index contributed by atoms with van der Waals surface area (Å²) in [5.41, 5.74) is 1.13. The third-order valence-corrected chi connectivity index (χ3v) is 3.85. The molecule has 1 saturated heterocycles. The highest BCUT2D eigenvalue weighted by Crippen LogP contribution is 2.26. The number of halogens is 1. The largest absolute Gasteiger partial charge is 0.335 e. The Kier molecular flexibility index (Phi) is 4.48. The standard InChI is InChI=1S/C15H21ClN2O/c1-10(2)17-14-8-9-18(15(14)19)11(3)12-4-6-13(16)7-5-12/h4-7,10-11,14,17H,8-9H2,1-3H3. The number of nitrogens with one attached hydrogen (secondary N) is 1. The van der Waals surface area contributed by atoms with Crippen LogP contribution in [0.15, 0.2) is 24.3 Å². The first-order valence-corrected chi connectivity index (χ1v) is 7.19. The molecule has 2 rings (SSSR count). The van der Waals surface area contributed by atoms with Gasteiger partial charge in [0.2, 0.25) is 5.91 Å². The van der Waals surface area contributed by atoms with Gasteiger partial charge >= 0.3 is 0 Å². The van der Waals surface area contributed by atoms with E-state index in [2.05, 4.69) is 26.1 Å². The van der Waals surface area contributed by atoms with Crippen molar-refractivity contribution < 1.29 is 4.79 Å². The highest BCUT2D eigenvalue weighted by Gasteiger charge is 2.34. The highest BCUT2D eigenvalue weighted by atomic mass is 35.5. The van der Waals surface area contributed by atoms with Crippen LogP contribution in [0.5, 0.6) is 0 Å². The fourth-order valence-corrected chi connectivity index (χ4v) is 2.69. The molecule has 0 saturated carbocycles. The monoisotopic (exact) mass is 280 g/mol. The summed E-state index contributed by atoms with van der Waals surface area (Å²) >= 11 is 5.89. The molecule has 1 heterocycles. The molecule has 1 amide bonds. The molecule has 19 heavy (non-hydrogen) atoms. The van der Waals surface area contributed by atoms with Crippen molar-refractivity contribution in [3.8, 4) is 0 Å². The predicted molar refractivity (Wildman–Crippen MR) is 78.3 cm³/mol. The van der Waals surface area contributed by atoms with E-state index in [4.69, 9.17) is 11.6 Å². The Balaban J connectivity index is 2.06. The Bertz CT molecular complexity index is 444. The SMILES string of the molecule is CC(C)NC1CCN(C(C)c2ccc(Cl)cc2)C1=O. The first kappa shape index (κ1) is 14.4. The third kappa shape index (κ3) is 3.28. The topological polar surface area (TPSA) is 32.3 Å². The van der Waals surface area contributed by atoms with Crippen LogP contribution in [0.1, 0.15) is 38.8 Å². The molecule has 2 atom stereocenters. The van der Waals surface area contributed by atoms with Crippen LogP contribution in [0.4, 0.5) is 0 Å². The van der Waals surface area contributed by atoms with E-state index in [1.165, 1.54) is 0 Å². The van der Waals surface area contributed by atoms with Gasteiger partial charge in [-0.2, -0.15) is 0 Å². The molecule has 1 aliphatic rings. The van der Waals surface area contributed by atoms with E-state index in [-0.39, 0.29) is 18.0 Å². The van der Waals surface area contributed by atoms with Gasteiger partial charge in [-0.25, -0.2) is 0 Å². The summed E-state index contributed by atoms with van der Waals surface area (Å²) in [6, 6.07) is 8.13. The van der Waals surface area contributed by atoms with E-state index in [0.717, 1.165) is 23.6 Å². The van der Waals surface area contributed by atoms with Gasteiger partial charge in [-0.3, -0.25) is 4.79 Å². The van der Waals surface area contributed by atoms with Gasteiger partial charge in [-0.1, -0.05) is 37.6 Å². The van der Waals surface area contributed by atoms with Crippen LogP contribution >= 0.6 is 11.6 Å². The summed E-state index contributed by atoms with van der Waals surface area (Å²) in [7, 11) is 0. The molecule has 2 unspecified atom stereocenters. The van der Waals surface area contributed by atoms with Crippen molar-refractivity contribution in [1.29, 1.82) is 0 Å². The number of hydrogen-bond acceptors (Lipinski definition) is 2. The zero-order valence-electron chi connectivity index (χ0n) is 11.7. The maximum absolute atomic E-state index is 12.4. The number of rotatable bonds is 4. The number of benzene rings is 1. The zero-order chi connectivity index (χ0) is 14.0. The Morgan fingerprint density at radius 2 is 1.89 bits per heavy atom. The van der Waals surface area contributed by atoms with Crippen LogP contribution in [0.3, 0.4) is 0 Å². The number of hydrogen-bond donors (Lipinski definition) is 1. The summed E-state index contributed by atoms with van der Waals surface area (Å²) in [5, 5.41) is 4.05. The molecule has 0 aromatic heterocycles. The fraction of sp³-hybridized carbons (Fsp3) is 0.533. The summed E-state index contributed by atoms with van der Waals surface area (Å²) < 4.78 is 0. The quantitative estimate of drug-likeness (QED) is 0.920. The number of carbonyl (C=O) groups excluding carboxylic acids is 1. The van der Waals surface area contributed by atoms with Crippen molar-refractivity contribution in [1.82, 2.24) is 10.2 Å². The minimum Gasteiger partial charge on any atom is -0.335 e. The Hall–Kier alpha value is -1.06. The average Bonchev–Trinajstić information content (AvgIpc) is 2.70. The van der Waals surface area contributed by atoms with Crippen LogP contribution in [0.25, 0.3) is 0 Å². The van der Waals surface area contributed by atoms with E-state index >= 15 is 0 Å². The average molecular weight is 281 g/mol. The number of amides is 1. The molecule has 0 radical (unpaired) electrons. The van der Waals surface area contributed by atoms with Gasteiger partial charge in [0.1, 0.15) is 0 Å². The molecular formula is C15H21ClN2O. The Labute approximate surface area is 119 Å².